The summed E-state index contributed by atoms with van der Waals surface area (Å²) in [5.74, 6) is -3.68. The Morgan fingerprint density at radius 1 is 1.25 bits per heavy atom. The predicted molar refractivity (Wildman–Crippen MR) is 53.6 cm³/mol. The lowest BCUT2D eigenvalue weighted by molar-refractivity contribution is 0.0763. The number of ether oxygens (including phenoxy) is 1. The first-order valence-corrected chi connectivity index (χ1v) is 5.26. The van der Waals surface area contributed by atoms with Crippen LogP contribution in [0.4, 0.5) is 13.2 Å². The molecule has 0 aliphatic carbocycles. The van der Waals surface area contributed by atoms with E-state index in [0.717, 1.165) is 6.07 Å². The highest BCUT2D eigenvalue weighted by atomic mass is 19.2. The van der Waals surface area contributed by atoms with Crippen molar-refractivity contribution in [3.8, 4) is 0 Å². The molecule has 0 spiro atoms. The summed E-state index contributed by atoms with van der Waals surface area (Å²) in [5, 5.41) is 0. The van der Waals surface area contributed by atoms with Gasteiger partial charge in [-0.3, -0.25) is 0 Å². The Morgan fingerprint density at radius 3 is 2.56 bits per heavy atom. The Labute approximate surface area is 92.2 Å². The van der Waals surface area contributed by atoms with Crippen LogP contribution in [0.1, 0.15) is 30.9 Å². The standard InChI is InChI=1S/C12H13F3O/c1-6(2)8-5-16-4-7-3-9(13)11(14)12(15)10(7)8/h3,6,8H,4-5H2,1-2H3/t8-/m0/s1. The van der Waals surface area contributed by atoms with Gasteiger partial charge in [-0.2, -0.15) is 0 Å². The normalized spacial score (nSPS) is 20.0. The van der Waals surface area contributed by atoms with Crippen LogP contribution in [-0.4, -0.2) is 6.61 Å². The van der Waals surface area contributed by atoms with Crippen molar-refractivity contribution in [2.75, 3.05) is 6.61 Å². The number of hydrogen-bond acceptors (Lipinski definition) is 1. The molecule has 1 aromatic rings. The Hall–Kier alpha value is -1.03. The quantitative estimate of drug-likeness (QED) is 0.672. The zero-order valence-electron chi connectivity index (χ0n) is 9.19. The van der Waals surface area contributed by atoms with Crippen molar-refractivity contribution in [1.82, 2.24) is 0 Å². The van der Waals surface area contributed by atoms with E-state index in [2.05, 4.69) is 0 Å². The van der Waals surface area contributed by atoms with Crippen molar-refractivity contribution >= 4 is 0 Å². The number of hydrogen-bond donors (Lipinski definition) is 0. The molecule has 0 fully saturated rings. The number of fused-ring (bicyclic) bond motifs is 1. The number of benzene rings is 1. The Morgan fingerprint density at radius 2 is 1.94 bits per heavy atom. The largest absolute Gasteiger partial charge is 0.376 e. The van der Waals surface area contributed by atoms with Gasteiger partial charge in [0.25, 0.3) is 0 Å². The molecular weight excluding hydrogens is 217 g/mol. The first kappa shape index (κ1) is 11.5. The van der Waals surface area contributed by atoms with Crippen LogP contribution in [0.25, 0.3) is 0 Å². The molecule has 0 radical (unpaired) electrons. The van der Waals surface area contributed by atoms with Gasteiger partial charge in [0.05, 0.1) is 13.2 Å². The van der Waals surface area contributed by atoms with Crippen LogP contribution >= 0.6 is 0 Å². The molecule has 1 aromatic carbocycles. The lowest BCUT2D eigenvalue weighted by Crippen LogP contribution is -2.23. The van der Waals surface area contributed by atoms with Crippen LogP contribution in [0.2, 0.25) is 0 Å². The van der Waals surface area contributed by atoms with Gasteiger partial charge in [0.1, 0.15) is 0 Å². The second kappa shape index (κ2) is 4.09. The average molecular weight is 230 g/mol. The summed E-state index contributed by atoms with van der Waals surface area (Å²) in [6.07, 6.45) is 0. The second-order valence-electron chi connectivity index (χ2n) is 4.42. The molecule has 0 unspecified atom stereocenters. The molecule has 0 saturated heterocycles. The van der Waals surface area contributed by atoms with E-state index in [4.69, 9.17) is 4.74 Å². The van der Waals surface area contributed by atoms with E-state index in [1.807, 2.05) is 13.8 Å². The molecule has 1 atom stereocenters. The fourth-order valence-electron chi connectivity index (χ4n) is 2.08. The second-order valence-corrected chi connectivity index (χ2v) is 4.42. The van der Waals surface area contributed by atoms with E-state index in [0.29, 0.717) is 12.2 Å². The summed E-state index contributed by atoms with van der Waals surface area (Å²) >= 11 is 0. The maximum Gasteiger partial charge on any atom is 0.194 e. The van der Waals surface area contributed by atoms with Crippen LogP contribution in [0.5, 0.6) is 0 Å². The van der Waals surface area contributed by atoms with Crippen molar-refractivity contribution in [2.45, 2.75) is 26.4 Å². The number of rotatable bonds is 1. The summed E-state index contributed by atoms with van der Waals surface area (Å²) in [7, 11) is 0. The highest BCUT2D eigenvalue weighted by Gasteiger charge is 2.30. The van der Waals surface area contributed by atoms with Crippen molar-refractivity contribution in [2.24, 2.45) is 5.92 Å². The maximum atomic E-state index is 13.7. The highest BCUT2D eigenvalue weighted by molar-refractivity contribution is 5.35. The third-order valence-corrected chi connectivity index (χ3v) is 3.02. The van der Waals surface area contributed by atoms with Gasteiger partial charge in [0.2, 0.25) is 0 Å². The molecular formula is C12H13F3O. The Kier molecular flexibility index (Phi) is 2.93. The molecule has 88 valence electrons. The molecule has 4 heteroatoms. The summed E-state index contributed by atoms with van der Waals surface area (Å²) in [5.41, 5.74) is 0.696. The van der Waals surface area contributed by atoms with Gasteiger partial charge >= 0.3 is 0 Å². The van der Waals surface area contributed by atoms with E-state index >= 15 is 0 Å². The minimum atomic E-state index is -1.38. The van der Waals surface area contributed by atoms with Gasteiger partial charge in [-0.1, -0.05) is 13.8 Å². The minimum Gasteiger partial charge on any atom is -0.376 e. The van der Waals surface area contributed by atoms with Gasteiger partial charge in [0, 0.05) is 11.5 Å². The fraction of sp³-hybridized carbons (Fsp3) is 0.500. The van der Waals surface area contributed by atoms with Crippen molar-refractivity contribution < 1.29 is 17.9 Å². The molecule has 0 saturated carbocycles. The molecule has 1 aliphatic rings. The smallest absolute Gasteiger partial charge is 0.194 e. The van der Waals surface area contributed by atoms with Crippen molar-refractivity contribution in [1.29, 1.82) is 0 Å². The van der Waals surface area contributed by atoms with E-state index in [-0.39, 0.29) is 24.0 Å². The van der Waals surface area contributed by atoms with E-state index in [1.165, 1.54) is 0 Å². The predicted octanol–water partition coefficient (Wildman–Crippen LogP) is 3.37. The maximum absolute atomic E-state index is 13.7. The third kappa shape index (κ3) is 1.71. The van der Waals surface area contributed by atoms with Crippen LogP contribution in [0, 0.1) is 23.4 Å². The molecule has 1 aliphatic heterocycles. The first-order chi connectivity index (χ1) is 7.52. The molecule has 0 aromatic heterocycles. The van der Waals surface area contributed by atoms with Crippen LogP contribution < -0.4 is 0 Å². The van der Waals surface area contributed by atoms with Gasteiger partial charge < -0.3 is 4.74 Å². The van der Waals surface area contributed by atoms with Gasteiger partial charge in [0.15, 0.2) is 17.5 Å². The molecule has 0 amide bonds. The molecule has 2 rings (SSSR count). The molecule has 0 bridgehead atoms. The monoisotopic (exact) mass is 230 g/mol. The zero-order chi connectivity index (χ0) is 11.9. The minimum absolute atomic E-state index is 0.124. The van der Waals surface area contributed by atoms with Gasteiger partial charge in [-0.05, 0) is 17.5 Å². The van der Waals surface area contributed by atoms with E-state index < -0.39 is 17.5 Å². The van der Waals surface area contributed by atoms with E-state index in [9.17, 15) is 13.2 Å². The summed E-state index contributed by atoms with van der Waals surface area (Å²) < 4.78 is 45.1. The van der Waals surface area contributed by atoms with E-state index in [1.54, 1.807) is 0 Å². The van der Waals surface area contributed by atoms with Gasteiger partial charge in [-0.15, -0.1) is 0 Å². The molecule has 16 heavy (non-hydrogen) atoms. The summed E-state index contributed by atoms with van der Waals surface area (Å²) in [6, 6.07) is 1.03. The number of halogens is 3. The Bertz CT molecular complexity index is 415. The highest BCUT2D eigenvalue weighted by Crippen LogP contribution is 2.35. The lowest BCUT2D eigenvalue weighted by atomic mass is 9.84. The third-order valence-electron chi connectivity index (χ3n) is 3.02. The van der Waals surface area contributed by atoms with Crippen LogP contribution in [-0.2, 0) is 11.3 Å². The lowest BCUT2D eigenvalue weighted by Gasteiger charge is -2.29. The van der Waals surface area contributed by atoms with Crippen molar-refractivity contribution in [3.63, 3.8) is 0 Å². The topological polar surface area (TPSA) is 9.23 Å². The summed E-state index contributed by atoms with van der Waals surface area (Å²) in [4.78, 5) is 0. The Balaban J connectivity index is 2.59. The molecule has 1 heterocycles. The van der Waals surface area contributed by atoms with Gasteiger partial charge in [-0.25, -0.2) is 13.2 Å². The van der Waals surface area contributed by atoms with Crippen LogP contribution in [0.15, 0.2) is 6.07 Å². The molecule has 1 nitrogen and oxygen atoms in total. The SMILES string of the molecule is CC(C)[C@@H]1COCc2cc(F)c(F)c(F)c21. The zero-order valence-corrected chi connectivity index (χ0v) is 9.19. The molecule has 0 N–H and O–H groups in total. The average Bonchev–Trinajstić information content (AvgIpc) is 2.25. The van der Waals surface area contributed by atoms with Crippen LogP contribution in [0.3, 0.4) is 0 Å². The fourth-order valence-corrected chi connectivity index (χ4v) is 2.08. The first-order valence-electron chi connectivity index (χ1n) is 5.26. The summed E-state index contributed by atoms with van der Waals surface area (Å²) in [6.45, 7) is 4.31. The van der Waals surface area contributed by atoms with Crippen molar-refractivity contribution in [3.05, 3.63) is 34.6 Å².